The van der Waals surface area contributed by atoms with Crippen LogP contribution in [0.4, 0.5) is 5.69 Å². The van der Waals surface area contributed by atoms with E-state index < -0.39 is 0 Å². The first-order chi connectivity index (χ1) is 8.06. The second kappa shape index (κ2) is 4.87. The van der Waals surface area contributed by atoms with Crippen molar-refractivity contribution in [1.82, 2.24) is 14.8 Å². The van der Waals surface area contributed by atoms with Crippen molar-refractivity contribution in [2.24, 2.45) is 7.05 Å². The van der Waals surface area contributed by atoms with Crippen LogP contribution in [-0.2, 0) is 13.6 Å². The van der Waals surface area contributed by atoms with Crippen LogP contribution >= 0.6 is 15.9 Å². The molecule has 0 unspecified atom stereocenters. The Morgan fingerprint density at radius 1 is 1.41 bits per heavy atom. The van der Waals surface area contributed by atoms with E-state index in [1.54, 1.807) is 0 Å². The third-order valence-corrected chi connectivity index (χ3v) is 3.44. The lowest BCUT2D eigenvalue weighted by Gasteiger charge is -2.06. The van der Waals surface area contributed by atoms with Crippen LogP contribution in [0.2, 0.25) is 0 Å². The zero-order chi connectivity index (χ0) is 12.4. The van der Waals surface area contributed by atoms with Gasteiger partial charge in [-0.1, -0.05) is 0 Å². The average molecular weight is 295 g/mol. The van der Waals surface area contributed by atoms with Crippen molar-refractivity contribution >= 4 is 21.6 Å². The lowest BCUT2D eigenvalue weighted by atomic mass is 10.2. The Kier molecular flexibility index (Phi) is 3.47. The summed E-state index contributed by atoms with van der Waals surface area (Å²) in [5, 5.41) is 7.66. The van der Waals surface area contributed by atoms with Gasteiger partial charge in [0.05, 0.1) is 17.6 Å². The summed E-state index contributed by atoms with van der Waals surface area (Å²) < 4.78 is 2.72. The molecule has 17 heavy (non-hydrogen) atoms. The fourth-order valence-electron chi connectivity index (χ4n) is 1.67. The van der Waals surface area contributed by atoms with Gasteiger partial charge in [-0.2, -0.15) is 5.10 Å². The normalized spacial score (nSPS) is 10.6. The second-order valence-electron chi connectivity index (χ2n) is 4.10. The van der Waals surface area contributed by atoms with E-state index in [4.69, 9.17) is 0 Å². The van der Waals surface area contributed by atoms with Crippen molar-refractivity contribution in [3.63, 3.8) is 0 Å². The lowest BCUT2D eigenvalue weighted by molar-refractivity contribution is 0.756. The summed E-state index contributed by atoms with van der Waals surface area (Å²) in [7, 11) is 1.93. The predicted molar refractivity (Wildman–Crippen MR) is 71.9 cm³/mol. The number of pyridine rings is 1. The van der Waals surface area contributed by atoms with Crippen LogP contribution in [0.1, 0.15) is 16.8 Å². The number of hydrogen-bond acceptors (Lipinski definition) is 3. The van der Waals surface area contributed by atoms with Crippen LogP contribution in [-0.4, -0.2) is 14.8 Å². The molecular formula is C12H15BrN4. The summed E-state index contributed by atoms with van der Waals surface area (Å²) in [6.07, 6.45) is 3.85. The highest BCUT2D eigenvalue weighted by molar-refractivity contribution is 9.10. The van der Waals surface area contributed by atoms with Gasteiger partial charge >= 0.3 is 0 Å². The molecule has 90 valence electrons. The molecule has 2 rings (SSSR count). The minimum atomic E-state index is 0.766. The van der Waals surface area contributed by atoms with Gasteiger partial charge in [-0.3, -0.25) is 4.68 Å². The summed E-state index contributed by atoms with van der Waals surface area (Å²) >= 11 is 3.39. The summed E-state index contributed by atoms with van der Waals surface area (Å²) in [5.41, 5.74) is 4.40. The van der Waals surface area contributed by atoms with Gasteiger partial charge in [0, 0.05) is 25.4 Å². The quantitative estimate of drug-likeness (QED) is 0.885. The number of nitrogens with one attached hydrogen (secondary N) is 1. The van der Waals surface area contributed by atoms with Gasteiger partial charge in [-0.15, -0.1) is 0 Å². The topological polar surface area (TPSA) is 42.7 Å². The summed E-state index contributed by atoms with van der Waals surface area (Å²) in [5.74, 6) is 0. The Labute approximate surface area is 109 Å². The number of aryl methyl sites for hydroxylation is 3. The Bertz CT molecular complexity index is 533. The molecule has 0 atom stereocenters. The molecule has 2 aromatic rings. The van der Waals surface area contributed by atoms with Crippen LogP contribution in [0.15, 0.2) is 23.1 Å². The van der Waals surface area contributed by atoms with Crippen molar-refractivity contribution in [2.75, 3.05) is 5.32 Å². The molecule has 5 heteroatoms. The first kappa shape index (κ1) is 12.1. The van der Waals surface area contributed by atoms with E-state index >= 15 is 0 Å². The number of anilines is 1. The minimum Gasteiger partial charge on any atom is -0.380 e. The molecule has 0 fully saturated rings. The number of rotatable bonds is 3. The van der Waals surface area contributed by atoms with Gasteiger partial charge in [0.15, 0.2) is 0 Å². The Morgan fingerprint density at radius 2 is 2.18 bits per heavy atom. The fourth-order valence-corrected chi connectivity index (χ4v) is 1.89. The highest BCUT2D eigenvalue weighted by Crippen LogP contribution is 2.17. The molecule has 0 saturated carbocycles. The molecule has 0 amide bonds. The Hall–Kier alpha value is -1.36. The van der Waals surface area contributed by atoms with Gasteiger partial charge in [-0.05, 0) is 41.4 Å². The second-order valence-corrected chi connectivity index (χ2v) is 4.85. The molecule has 0 spiro atoms. The average Bonchev–Trinajstić information content (AvgIpc) is 2.59. The van der Waals surface area contributed by atoms with E-state index in [0.29, 0.717) is 0 Å². The third-order valence-electron chi connectivity index (χ3n) is 2.61. The van der Waals surface area contributed by atoms with Crippen molar-refractivity contribution in [1.29, 1.82) is 0 Å². The molecule has 0 aliphatic rings. The van der Waals surface area contributed by atoms with Gasteiger partial charge < -0.3 is 5.32 Å². The molecule has 0 radical (unpaired) electrons. The number of halogens is 1. The van der Waals surface area contributed by atoms with Crippen molar-refractivity contribution in [2.45, 2.75) is 20.4 Å². The van der Waals surface area contributed by atoms with Gasteiger partial charge in [0.25, 0.3) is 0 Å². The van der Waals surface area contributed by atoms with Crippen LogP contribution in [0.3, 0.4) is 0 Å². The first-order valence-corrected chi connectivity index (χ1v) is 6.20. The molecule has 0 aliphatic heterocycles. The summed E-state index contributed by atoms with van der Waals surface area (Å²) in [6.45, 7) is 4.81. The highest BCUT2D eigenvalue weighted by Gasteiger charge is 2.03. The van der Waals surface area contributed by atoms with E-state index in [2.05, 4.69) is 37.4 Å². The third kappa shape index (κ3) is 2.85. The van der Waals surface area contributed by atoms with Crippen LogP contribution in [0.25, 0.3) is 0 Å². The van der Waals surface area contributed by atoms with E-state index in [1.807, 2.05) is 38.0 Å². The smallest absolute Gasteiger partial charge is 0.109 e. The van der Waals surface area contributed by atoms with E-state index in [0.717, 1.165) is 28.1 Å². The van der Waals surface area contributed by atoms with Crippen LogP contribution in [0.5, 0.6) is 0 Å². The van der Waals surface area contributed by atoms with Crippen LogP contribution in [0, 0.1) is 13.8 Å². The van der Waals surface area contributed by atoms with Gasteiger partial charge in [-0.25, -0.2) is 4.98 Å². The zero-order valence-electron chi connectivity index (χ0n) is 10.2. The molecule has 0 aliphatic carbocycles. The maximum absolute atomic E-state index is 4.31. The van der Waals surface area contributed by atoms with Crippen molar-refractivity contribution in [3.05, 3.63) is 39.9 Å². The molecule has 0 saturated heterocycles. The van der Waals surface area contributed by atoms with Gasteiger partial charge in [0.2, 0.25) is 0 Å². The largest absolute Gasteiger partial charge is 0.380 e. The minimum absolute atomic E-state index is 0.766. The Morgan fingerprint density at radius 3 is 2.76 bits per heavy atom. The van der Waals surface area contributed by atoms with E-state index in [9.17, 15) is 0 Å². The molecule has 0 aromatic carbocycles. The maximum Gasteiger partial charge on any atom is 0.109 e. The zero-order valence-corrected chi connectivity index (χ0v) is 11.7. The Balaban J connectivity index is 2.07. The maximum atomic E-state index is 4.31. The molecule has 2 aromatic heterocycles. The number of nitrogens with zero attached hydrogens (tertiary/aromatic N) is 3. The molecular weight excluding hydrogens is 280 g/mol. The fraction of sp³-hybridized carbons (Fsp3) is 0.333. The monoisotopic (exact) mass is 294 g/mol. The highest BCUT2D eigenvalue weighted by atomic mass is 79.9. The molecule has 2 heterocycles. The van der Waals surface area contributed by atoms with Gasteiger partial charge in [0.1, 0.15) is 4.60 Å². The standard InChI is InChI=1S/C12H15BrN4/c1-8-4-11(6-15-12(8)13)14-5-10-7-17(3)16-9(10)2/h4,6-7,14H,5H2,1-3H3. The number of aromatic nitrogens is 3. The predicted octanol–water partition coefficient (Wildman–Crippen LogP) is 2.81. The lowest BCUT2D eigenvalue weighted by Crippen LogP contribution is -2.00. The summed E-state index contributed by atoms with van der Waals surface area (Å²) in [6, 6.07) is 2.07. The molecule has 4 nitrogen and oxygen atoms in total. The van der Waals surface area contributed by atoms with E-state index in [1.165, 1.54) is 5.56 Å². The molecule has 0 bridgehead atoms. The SMILES string of the molecule is Cc1cc(NCc2cn(C)nc2C)cnc1Br. The van der Waals surface area contributed by atoms with Crippen molar-refractivity contribution in [3.8, 4) is 0 Å². The number of hydrogen-bond donors (Lipinski definition) is 1. The molecule has 1 N–H and O–H groups in total. The first-order valence-electron chi connectivity index (χ1n) is 5.41. The van der Waals surface area contributed by atoms with Crippen molar-refractivity contribution < 1.29 is 0 Å². The van der Waals surface area contributed by atoms with Crippen LogP contribution < -0.4 is 5.32 Å². The van der Waals surface area contributed by atoms with E-state index in [-0.39, 0.29) is 0 Å². The summed E-state index contributed by atoms with van der Waals surface area (Å²) in [4.78, 5) is 4.25.